The zero-order valence-electron chi connectivity index (χ0n) is 14.8. The van der Waals surface area contributed by atoms with Crippen LogP contribution < -0.4 is 4.31 Å². The Labute approximate surface area is 143 Å². The van der Waals surface area contributed by atoms with Gasteiger partial charge in [0.2, 0.25) is 10.0 Å². The molecule has 1 aromatic rings. The molecule has 2 atom stereocenters. The van der Waals surface area contributed by atoms with E-state index in [4.69, 9.17) is 4.74 Å². The van der Waals surface area contributed by atoms with Gasteiger partial charge in [0, 0.05) is 5.56 Å². The molecular formula is C16H23NO5SSi. The minimum Gasteiger partial charge on any atom is -0.469 e. The Morgan fingerprint density at radius 2 is 1.88 bits per heavy atom. The number of aryl methyl sites for hydroxylation is 1. The average Bonchev–Trinajstić information content (AvgIpc) is 2.69. The summed E-state index contributed by atoms with van der Waals surface area (Å²) in [6.45, 7) is 7.61. The summed E-state index contributed by atoms with van der Waals surface area (Å²) in [5, 5.41) is 0. The van der Waals surface area contributed by atoms with Gasteiger partial charge in [-0.25, -0.2) is 8.42 Å². The van der Waals surface area contributed by atoms with E-state index in [-0.39, 0.29) is 5.78 Å². The van der Waals surface area contributed by atoms with E-state index >= 15 is 0 Å². The zero-order valence-corrected chi connectivity index (χ0v) is 16.6. The van der Waals surface area contributed by atoms with E-state index in [1.807, 2.05) is 26.6 Å². The fourth-order valence-corrected chi connectivity index (χ4v) is 6.52. The molecule has 0 N–H and O–H groups in total. The number of methoxy groups -OCH3 is 1. The van der Waals surface area contributed by atoms with Gasteiger partial charge >= 0.3 is 5.97 Å². The van der Waals surface area contributed by atoms with E-state index in [2.05, 4.69) is 0 Å². The molecule has 1 aliphatic heterocycles. The minimum absolute atomic E-state index is 0.336. The van der Waals surface area contributed by atoms with Crippen LogP contribution in [0.5, 0.6) is 0 Å². The Kier molecular flexibility index (Phi) is 4.66. The average molecular weight is 370 g/mol. The molecule has 1 heterocycles. The molecule has 1 aromatic carbocycles. The van der Waals surface area contributed by atoms with Gasteiger partial charge in [0.15, 0.2) is 5.78 Å². The Morgan fingerprint density at radius 3 is 2.33 bits per heavy atom. The van der Waals surface area contributed by atoms with E-state index in [1.54, 1.807) is 18.2 Å². The number of hydrogen-bond donors (Lipinski definition) is 0. The van der Waals surface area contributed by atoms with Crippen molar-refractivity contribution >= 4 is 35.5 Å². The number of rotatable bonds is 4. The van der Waals surface area contributed by atoms with Crippen molar-refractivity contribution in [2.24, 2.45) is 0 Å². The van der Waals surface area contributed by atoms with Crippen LogP contribution in [0.2, 0.25) is 25.2 Å². The van der Waals surface area contributed by atoms with Crippen molar-refractivity contribution in [2.45, 2.75) is 38.1 Å². The van der Waals surface area contributed by atoms with Crippen molar-refractivity contribution in [3.8, 4) is 0 Å². The van der Waals surface area contributed by atoms with Gasteiger partial charge in [-0.2, -0.15) is 0 Å². The number of carbonyl (C=O) groups excluding carboxylic acids is 2. The predicted octanol–water partition coefficient (Wildman–Crippen LogP) is 2.21. The first kappa shape index (κ1) is 18.7. The number of benzene rings is 1. The normalized spacial score (nSPS) is 19.2. The first-order chi connectivity index (χ1) is 10.9. The zero-order chi connectivity index (χ0) is 18.4. The van der Waals surface area contributed by atoms with Crippen LogP contribution in [0.3, 0.4) is 0 Å². The van der Waals surface area contributed by atoms with Gasteiger partial charge in [-0.3, -0.25) is 13.9 Å². The van der Waals surface area contributed by atoms with Gasteiger partial charge in [-0.15, -0.1) is 0 Å². The lowest BCUT2D eigenvalue weighted by molar-refractivity contribution is -0.140. The van der Waals surface area contributed by atoms with E-state index in [1.165, 1.54) is 7.11 Å². The summed E-state index contributed by atoms with van der Waals surface area (Å²) in [6, 6.07) is 3.99. The van der Waals surface area contributed by atoms with Crippen LogP contribution in [0.25, 0.3) is 0 Å². The molecule has 0 bridgehead atoms. The number of ether oxygens (including phenoxy) is 1. The first-order valence-corrected chi connectivity index (χ1v) is 13.0. The highest BCUT2D eigenvalue weighted by Crippen LogP contribution is 2.43. The van der Waals surface area contributed by atoms with Gasteiger partial charge < -0.3 is 4.74 Å². The Balaban J connectivity index is 2.73. The molecule has 0 fully saturated rings. The molecule has 132 valence electrons. The molecule has 6 nitrogen and oxygen atoms in total. The van der Waals surface area contributed by atoms with E-state index < -0.39 is 35.6 Å². The molecule has 24 heavy (non-hydrogen) atoms. The number of ketones is 1. The molecule has 1 aliphatic rings. The summed E-state index contributed by atoms with van der Waals surface area (Å²) in [4.78, 5) is 25.4. The number of sulfonamides is 1. The summed E-state index contributed by atoms with van der Waals surface area (Å²) in [6.07, 6.45) is 1.06. The quantitative estimate of drug-likeness (QED) is 0.600. The highest BCUT2D eigenvalue weighted by atomic mass is 32.2. The lowest BCUT2D eigenvalue weighted by atomic mass is 10.0. The summed E-state index contributed by atoms with van der Waals surface area (Å²) < 4.78 is 30.9. The van der Waals surface area contributed by atoms with Gasteiger partial charge in [0.25, 0.3) is 0 Å². The Morgan fingerprint density at radius 1 is 1.29 bits per heavy atom. The third-order valence-electron chi connectivity index (χ3n) is 4.24. The summed E-state index contributed by atoms with van der Waals surface area (Å²) in [7, 11) is -4.73. The molecule has 2 rings (SSSR count). The number of fused-ring (bicyclic) bond motifs is 1. The maximum atomic E-state index is 13.0. The molecule has 8 heteroatoms. The second-order valence-corrected chi connectivity index (χ2v) is 14.5. The molecule has 0 saturated carbocycles. The summed E-state index contributed by atoms with van der Waals surface area (Å²) >= 11 is 0. The number of nitrogens with zero attached hydrogens (tertiary/aromatic N) is 1. The molecule has 0 radical (unpaired) electrons. The Hall–Kier alpha value is -1.67. The van der Waals surface area contributed by atoms with Crippen molar-refractivity contribution in [3.63, 3.8) is 0 Å². The largest absolute Gasteiger partial charge is 0.469 e. The minimum atomic E-state index is -3.73. The standard InChI is InChI=1S/C16H23NO5SSi/c1-10-7-8-11-12(9-10)17(23(3,20)21)13(14(11)18)15(16(19)22-2)24(4,5)6/h7-9,13,15H,1-6H3. The molecule has 2 unspecified atom stereocenters. The maximum absolute atomic E-state index is 13.0. The van der Waals surface area contributed by atoms with Crippen molar-refractivity contribution in [2.75, 3.05) is 17.7 Å². The SMILES string of the molecule is COC(=O)C(C1C(=O)c2ccc(C)cc2N1S(C)(=O)=O)[Si](C)(C)C. The van der Waals surface area contributed by atoms with Crippen molar-refractivity contribution in [1.82, 2.24) is 0 Å². The third-order valence-corrected chi connectivity index (χ3v) is 7.79. The first-order valence-electron chi connectivity index (χ1n) is 7.61. The highest BCUT2D eigenvalue weighted by molar-refractivity contribution is 7.92. The fourth-order valence-electron chi connectivity index (χ4n) is 3.20. The van der Waals surface area contributed by atoms with Crippen LogP contribution in [-0.2, 0) is 19.6 Å². The summed E-state index contributed by atoms with van der Waals surface area (Å²) in [5.41, 5.74) is 0.749. The topological polar surface area (TPSA) is 80.8 Å². The van der Waals surface area contributed by atoms with Gasteiger partial charge in [0.05, 0.1) is 32.7 Å². The monoisotopic (exact) mass is 369 g/mol. The molecule has 0 aromatic heterocycles. The van der Waals surface area contributed by atoms with Crippen molar-refractivity contribution < 1.29 is 22.7 Å². The molecule has 0 aliphatic carbocycles. The highest BCUT2D eigenvalue weighted by Gasteiger charge is 2.53. The number of hydrogen-bond acceptors (Lipinski definition) is 5. The number of anilines is 1. The smallest absolute Gasteiger partial charge is 0.308 e. The van der Waals surface area contributed by atoms with Gasteiger partial charge in [0.1, 0.15) is 6.04 Å². The fraction of sp³-hybridized carbons (Fsp3) is 0.500. The molecular weight excluding hydrogens is 346 g/mol. The van der Waals surface area contributed by atoms with Crippen LogP contribution in [0.15, 0.2) is 18.2 Å². The number of carbonyl (C=O) groups is 2. The lowest BCUT2D eigenvalue weighted by Crippen LogP contribution is -2.52. The number of Topliss-reactive ketones (excluding diaryl/α,β-unsaturated/α-hetero) is 1. The van der Waals surface area contributed by atoms with Crippen LogP contribution in [0.1, 0.15) is 15.9 Å². The van der Waals surface area contributed by atoms with Crippen molar-refractivity contribution in [3.05, 3.63) is 29.3 Å². The second kappa shape index (κ2) is 6.00. The van der Waals surface area contributed by atoms with Crippen LogP contribution in [-0.4, -0.2) is 47.7 Å². The van der Waals surface area contributed by atoms with Crippen molar-refractivity contribution in [1.29, 1.82) is 0 Å². The lowest BCUT2D eigenvalue weighted by Gasteiger charge is -2.35. The number of esters is 1. The van der Waals surface area contributed by atoms with Crippen LogP contribution in [0, 0.1) is 6.92 Å². The molecule has 0 amide bonds. The van der Waals surface area contributed by atoms with Crippen LogP contribution in [0.4, 0.5) is 5.69 Å². The van der Waals surface area contributed by atoms with E-state index in [0.29, 0.717) is 11.3 Å². The van der Waals surface area contributed by atoms with Gasteiger partial charge in [-0.1, -0.05) is 25.7 Å². The van der Waals surface area contributed by atoms with E-state index in [0.717, 1.165) is 16.1 Å². The second-order valence-electron chi connectivity index (χ2n) is 7.26. The Bertz CT molecular complexity index is 797. The maximum Gasteiger partial charge on any atom is 0.308 e. The third kappa shape index (κ3) is 3.12. The van der Waals surface area contributed by atoms with Crippen LogP contribution >= 0.6 is 0 Å². The molecule has 0 saturated heterocycles. The molecule has 0 spiro atoms. The van der Waals surface area contributed by atoms with E-state index in [9.17, 15) is 18.0 Å². The van der Waals surface area contributed by atoms with Gasteiger partial charge in [-0.05, 0) is 24.6 Å². The summed E-state index contributed by atoms with van der Waals surface area (Å²) in [5.74, 6) is -0.876. The predicted molar refractivity (Wildman–Crippen MR) is 95.7 cm³/mol.